The van der Waals surface area contributed by atoms with Crippen molar-refractivity contribution in [2.75, 3.05) is 31.6 Å². The fourth-order valence-electron chi connectivity index (χ4n) is 2.70. The fraction of sp³-hybridized carbons (Fsp3) is 0.571. The molecule has 1 fully saturated rings. The minimum atomic E-state index is -0.218. The molecule has 1 atom stereocenters. The highest BCUT2D eigenvalue weighted by molar-refractivity contribution is 5.49. The van der Waals surface area contributed by atoms with Crippen LogP contribution in [0.15, 0.2) is 24.3 Å². The SMILES string of the molecule is CN1CC(C)(C)N(c2ccc(F)cc2)CC1CO. The van der Waals surface area contributed by atoms with E-state index in [1.165, 1.54) is 12.1 Å². The van der Waals surface area contributed by atoms with Crippen LogP contribution in [0.5, 0.6) is 0 Å². The molecule has 0 amide bonds. The molecule has 1 aliphatic rings. The lowest BCUT2D eigenvalue weighted by molar-refractivity contribution is 0.0980. The molecule has 0 aliphatic carbocycles. The molecule has 0 bridgehead atoms. The molecular weight excluding hydrogens is 231 g/mol. The van der Waals surface area contributed by atoms with E-state index in [2.05, 4.69) is 23.6 Å². The van der Waals surface area contributed by atoms with Gasteiger partial charge in [-0.1, -0.05) is 0 Å². The Kier molecular flexibility index (Phi) is 3.59. The monoisotopic (exact) mass is 252 g/mol. The van der Waals surface area contributed by atoms with Crippen LogP contribution < -0.4 is 4.90 Å². The van der Waals surface area contributed by atoms with Crippen molar-refractivity contribution < 1.29 is 9.50 Å². The summed E-state index contributed by atoms with van der Waals surface area (Å²) in [6.45, 7) is 6.10. The first-order valence-electron chi connectivity index (χ1n) is 6.28. The van der Waals surface area contributed by atoms with Crippen molar-refractivity contribution in [3.05, 3.63) is 30.1 Å². The first-order chi connectivity index (χ1) is 8.44. The van der Waals surface area contributed by atoms with E-state index in [4.69, 9.17) is 0 Å². The highest BCUT2D eigenvalue weighted by atomic mass is 19.1. The molecule has 0 saturated carbocycles. The number of aliphatic hydroxyl groups is 1. The first kappa shape index (κ1) is 13.3. The zero-order valence-corrected chi connectivity index (χ0v) is 11.2. The molecule has 100 valence electrons. The molecular formula is C14H21FN2O. The van der Waals surface area contributed by atoms with Crippen LogP contribution >= 0.6 is 0 Å². The van der Waals surface area contributed by atoms with Gasteiger partial charge < -0.3 is 10.0 Å². The number of hydrogen-bond acceptors (Lipinski definition) is 3. The van der Waals surface area contributed by atoms with Gasteiger partial charge in [0.1, 0.15) is 5.82 Å². The van der Waals surface area contributed by atoms with Crippen LogP contribution in [0.4, 0.5) is 10.1 Å². The van der Waals surface area contributed by atoms with Crippen molar-refractivity contribution in [3.63, 3.8) is 0 Å². The highest BCUT2D eigenvalue weighted by Gasteiger charge is 2.37. The Morgan fingerprint density at radius 1 is 1.33 bits per heavy atom. The second-order valence-electron chi connectivity index (χ2n) is 5.65. The van der Waals surface area contributed by atoms with Gasteiger partial charge in [0.15, 0.2) is 0 Å². The van der Waals surface area contributed by atoms with E-state index >= 15 is 0 Å². The zero-order chi connectivity index (χ0) is 13.3. The van der Waals surface area contributed by atoms with Gasteiger partial charge in [0.25, 0.3) is 0 Å². The molecule has 3 nitrogen and oxygen atoms in total. The lowest BCUT2D eigenvalue weighted by atomic mass is 9.95. The molecule has 2 rings (SSSR count). The number of rotatable bonds is 2. The molecule has 18 heavy (non-hydrogen) atoms. The van der Waals surface area contributed by atoms with Crippen LogP contribution in [-0.4, -0.2) is 48.3 Å². The van der Waals surface area contributed by atoms with E-state index < -0.39 is 0 Å². The van der Waals surface area contributed by atoms with Gasteiger partial charge in [0.2, 0.25) is 0 Å². The summed E-state index contributed by atoms with van der Waals surface area (Å²) in [5.41, 5.74) is 0.978. The molecule has 4 heteroatoms. The van der Waals surface area contributed by atoms with Gasteiger partial charge in [-0.05, 0) is 45.2 Å². The molecule has 0 radical (unpaired) electrons. The van der Waals surface area contributed by atoms with Crippen LogP contribution in [0.1, 0.15) is 13.8 Å². The molecule has 1 heterocycles. The van der Waals surface area contributed by atoms with E-state index in [-0.39, 0.29) is 24.0 Å². The van der Waals surface area contributed by atoms with Crippen molar-refractivity contribution in [1.29, 1.82) is 0 Å². The first-order valence-corrected chi connectivity index (χ1v) is 6.28. The second-order valence-corrected chi connectivity index (χ2v) is 5.65. The minimum absolute atomic E-state index is 0.0295. The second kappa shape index (κ2) is 4.86. The van der Waals surface area contributed by atoms with Crippen molar-refractivity contribution in [2.24, 2.45) is 0 Å². The van der Waals surface area contributed by atoms with Crippen LogP contribution in [0.25, 0.3) is 0 Å². The molecule has 1 aromatic carbocycles. The Balaban J connectivity index is 2.26. The molecule has 0 aromatic heterocycles. The van der Waals surface area contributed by atoms with Gasteiger partial charge >= 0.3 is 0 Å². The minimum Gasteiger partial charge on any atom is -0.395 e. The predicted octanol–water partition coefficient (Wildman–Crippen LogP) is 1.72. The number of piperazine rings is 1. The molecule has 1 unspecified atom stereocenters. The van der Waals surface area contributed by atoms with E-state index in [1.807, 2.05) is 7.05 Å². The topological polar surface area (TPSA) is 26.7 Å². The zero-order valence-electron chi connectivity index (χ0n) is 11.2. The highest BCUT2D eigenvalue weighted by Crippen LogP contribution is 2.29. The number of aliphatic hydroxyl groups excluding tert-OH is 1. The van der Waals surface area contributed by atoms with Crippen LogP contribution in [-0.2, 0) is 0 Å². The Hall–Kier alpha value is -1.13. The maximum absolute atomic E-state index is 13.0. The molecule has 1 saturated heterocycles. The van der Waals surface area contributed by atoms with Crippen molar-refractivity contribution in [3.8, 4) is 0 Å². The Morgan fingerprint density at radius 2 is 1.94 bits per heavy atom. The van der Waals surface area contributed by atoms with E-state index in [0.717, 1.165) is 18.8 Å². The number of hydrogen-bond donors (Lipinski definition) is 1. The van der Waals surface area contributed by atoms with Gasteiger partial charge in [0, 0.05) is 24.3 Å². The summed E-state index contributed by atoms with van der Waals surface area (Å²) in [6, 6.07) is 6.70. The van der Waals surface area contributed by atoms with Crippen molar-refractivity contribution in [1.82, 2.24) is 4.90 Å². The lowest BCUT2D eigenvalue weighted by Crippen LogP contribution is -2.63. The quantitative estimate of drug-likeness (QED) is 0.868. The number of halogens is 1. The molecule has 1 aliphatic heterocycles. The standard InChI is InChI=1S/C14H21FN2O/c1-14(2)10-16(3)13(9-18)8-17(14)12-6-4-11(15)5-7-12/h4-7,13,18H,8-10H2,1-3H3. The summed E-state index contributed by atoms with van der Waals surface area (Å²) in [7, 11) is 2.03. The van der Waals surface area contributed by atoms with Crippen LogP contribution in [0.2, 0.25) is 0 Å². The van der Waals surface area contributed by atoms with Crippen LogP contribution in [0, 0.1) is 5.82 Å². The van der Waals surface area contributed by atoms with Gasteiger partial charge in [-0.15, -0.1) is 0 Å². The summed E-state index contributed by atoms with van der Waals surface area (Å²) in [5, 5.41) is 9.41. The fourth-order valence-corrected chi connectivity index (χ4v) is 2.70. The van der Waals surface area contributed by atoms with Crippen molar-refractivity contribution >= 4 is 5.69 Å². The normalized spacial score (nSPS) is 24.3. The largest absolute Gasteiger partial charge is 0.395 e. The van der Waals surface area contributed by atoms with E-state index in [1.54, 1.807) is 12.1 Å². The summed E-state index contributed by atoms with van der Waals surface area (Å²) in [5.74, 6) is -0.218. The van der Waals surface area contributed by atoms with Gasteiger partial charge in [0.05, 0.1) is 12.6 Å². The average Bonchev–Trinajstić information content (AvgIpc) is 2.30. The van der Waals surface area contributed by atoms with Crippen LogP contribution in [0.3, 0.4) is 0 Å². The number of nitrogens with zero attached hydrogens (tertiary/aromatic N) is 2. The third kappa shape index (κ3) is 2.49. The van der Waals surface area contributed by atoms with E-state index in [0.29, 0.717) is 0 Å². The lowest BCUT2D eigenvalue weighted by Gasteiger charge is -2.51. The number of likely N-dealkylation sites (N-methyl/N-ethyl adjacent to an activating group) is 1. The molecule has 1 N–H and O–H groups in total. The van der Waals surface area contributed by atoms with Gasteiger partial charge in [-0.25, -0.2) is 4.39 Å². The number of anilines is 1. The third-order valence-corrected chi connectivity index (χ3v) is 3.73. The Labute approximate surface area is 108 Å². The smallest absolute Gasteiger partial charge is 0.123 e. The summed E-state index contributed by atoms with van der Waals surface area (Å²) < 4.78 is 13.0. The summed E-state index contributed by atoms with van der Waals surface area (Å²) >= 11 is 0. The Bertz CT molecular complexity index is 405. The van der Waals surface area contributed by atoms with E-state index in [9.17, 15) is 9.50 Å². The van der Waals surface area contributed by atoms with Gasteiger partial charge in [-0.2, -0.15) is 0 Å². The summed E-state index contributed by atoms with van der Waals surface area (Å²) in [6.07, 6.45) is 0. The maximum atomic E-state index is 13.0. The molecule has 1 aromatic rings. The molecule has 0 spiro atoms. The maximum Gasteiger partial charge on any atom is 0.123 e. The third-order valence-electron chi connectivity index (χ3n) is 3.73. The Morgan fingerprint density at radius 3 is 2.50 bits per heavy atom. The number of benzene rings is 1. The van der Waals surface area contributed by atoms with Gasteiger partial charge in [-0.3, -0.25) is 4.90 Å². The summed E-state index contributed by atoms with van der Waals surface area (Å²) in [4.78, 5) is 4.42. The predicted molar refractivity (Wildman–Crippen MR) is 71.3 cm³/mol. The van der Waals surface area contributed by atoms with Crippen molar-refractivity contribution in [2.45, 2.75) is 25.4 Å². The average molecular weight is 252 g/mol.